The molecule has 0 unspecified atom stereocenters. The maximum atomic E-state index is 13.0. The molecule has 0 radical (unpaired) electrons. The summed E-state index contributed by atoms with van der Waals surface area (Å²) >= 11 is 6.94. The van der Waals surface area contributed by atoms with Crippen molar-refractivity contribution in [2.45, 2.75) is 13.8 Å². The molecular weight excluding hydrogens is 275 g/mol. The lowest BCUT2D eigenvalue weighted by molar-refractivity contribution is 0.628. The molecule has 0 aliphatic carbocycles. The molecule has 2 rings (SSSR count). The molecule has 1 aromatic heterocycles. The van der Waals surface area contributed by atoms with Gasteiger partial charge in [0, 0.05) is 11.5 Å². The van der Waals surface area contributed by atoms with Crippen LogP contribution in [0.4, 0.5) is 9.39 Å². The highest BCUT2D eigenvalue weighted by atomic mass is 35.5. The van der Waals surface area contributed by atoms with Gasteiger partial charge in [-0.15, -0.1) is 5.10 Å². The van der Waals surface area contributed by atoms with Gasteiger partial charge in [0.05, 0.1) is 16.4 Å². The minimum Gasteiger partial charge on any atom is -0.265 e. The number of hydrogen-bond donors (Lipinski definition) is 1. The Morgan fingerprint density at radius 2 is 2.28 bits per heavy atom. The minimum absolute atomic E-state index is 0.0812. The Morgan fingerprint density at radius 3 is 2.89 bits per heavy atom. The Bertz CT molecular complexity index is 596. The van der Waals surface area contributed by atoms with Gasteiger partial charge in [0.1, 0.15) is 5.82 Å². The first-order chi connectivity index (χ1) is 8.58. The molecule has 0 aliphatic heterocycles. The highest BCUT2D eigenvalue weighted by Crippen LogP contribution is 2.18. The second-order valence-electron chi connectivity index (χ2n) is 3.63. The first-order valence-electron chi connectivity index (χ1n) is 5.12. The van der Waals surface area contributed by atoms with Gasteiger partial charge in [0.15, 0.2) is 5.00 Å². The molecule has 0 amide bonds. The first-order valence-corrected chi connectivity index (χ1v) is 6.27. The van der Waals surface area contributed by atoms with Gasteiger partial charge in [-0.25, -0.2) is 4.39 Å². The average Bonchev–Trinajstić information content (AvgIpc) is 2.75. The van der Waals surface area contributed by atoms with Crippen LogP contribution in [0, 0.1) is 12.7 Å². The van der Waals surface area contributed by atoms with E-state index in [9.17, 15) is 4.39 Å². The third-order valence-corrected chi connectivity index (χ3v) is 3.34. The fraction of sp³-hybridized carbons (Fsp3) is 0.182. The van der Waals surface area contributed by atoms with Crippen molar-refractivity contribution in [2.75, 3.05) is 5.43 Å². The highest BCUT2D eigenvalue weighted by Gasteiger charge is 2.05. The van der Waals surface area contributed by atoms with Crippen molar-refractivity contribution in [3.05, 3.63) is 40.3 Å². The smallest absolute Gasteiger partial charge is 0.153 e. The predicted octanol–water partition coefficient (Wildman–Crippen LogP) is 3.48. The van der Waals surface area contributed by atoms with Crippen LogP contribution in [0.3, 0.4) is 0 Å². The van der Waals surface area contributed by atoms with Crippen LogP contribution in [0.25, 0.3) is 0 Å². The molecule has 18 heavy (non-hydrogen) atoms. The molecule has 7 heteroatoms. The summed E-state index contributed by atoms with van der Waals surface area (Å²) in [4.78, 5) is 0. The van der Waals surface area contributed by atoms with Crippen LogP contribution in [0.2, 0.25) is 5.02 Å². The van der Waals surface area contributed by atoms with Crippen LogP contribution >= 0.6 is 23.1 Å². The highest BCUT2D eigenvalue weighted by molar-refractivity contribution is 7.10. The molecule has 1 N–H and O–H groups in total. The maximum Gasteiger partial charge on any atom is 0.153 e. The quantitative estimate of drug-likeness (QED) is 0.693. The monoisotopic (exact) mass is 284 g/mol. The summed E-state index contributed by atoms with van der Waals surface area (Å²) in [6.45, 7) is 3.64. The molecule has 1 aromatic carbocycles. The van der Waals surface area contributed by atoms with E-state index in [-0.39, 0.29) is 5.02 Å². The van der Waals surface area contributed by atoms with E-state index in [0.717, 1.165) is 16.3 Å². The molecule has 0 saturated carbocycles. The number of benzene rings is 1. The lowest BCUT2D eigenvalue weighted by Crippen LogP contribution is -2.00. The lowest BCUT2D eigenvalue weighted by Gasteiger charge is -2.03. The van der Waals surface area contributed by atoms with Gasteiger partial charge in [-0.1, -0.05) is 22.2 Å². The molecule has 0 fully saturated rings. The van der Waals surface area contributed by atoms with Crippen LogP contribution in [0.1, 0.15) is 18.2 Å². The van der Waals surface area contributed by atoms with E-state index < -0.39 is 5.82 Å². The van der Waals surface area contributed by atoms with Crippen LogP contribution in [0.15, 0.2) is 23.3 Å². The summed E-state index contributed by atoms with van der Waals surface area (Å²) in [7, 11) is 0. The van der Waals surface area contributed by atoms with Crippen LogP contribution in [-0.2, 0) is 0 Å². The predicted molar refractivity (Wildman–Crippen MR) is 71.9 cm³/mol. The van der Waals surface area contributed by atoms with Crippen LogP contribution in [-0.4, -0.2) is 15.3 Å². The number of nitrogens with one attached hydrogen (secondary N) is 1. The van der Waals surface area contributed by atoms with Crippen molar-refractivity contribution in [1.29, 1.82) is 0 Å². The molecule has 1 heterocycles. The van der Waals surface area contributed by atoms with Gasteiger partial charge in [-0.2, -0.15) is 5.10 Å². The molecule has 0 aliphatic rings. The fourth-order valence-electron chi connectivity index (χ4n) is 1.26. The Morgan fingerprint density at radius 1 is 1.50 bits per heavy atom. The number of hydrogen-bond acceptors (Lipinski definition) is 5. The summed E-state index contributed by atoms with van der Waals surface area (Å²) in [6, 6.07) is 4.48. The van der Waals surface area contributed by atoms with Gasteiger partial charge < -0.3 is 0 Å². The number of halogens is 2. The van der Waals surface area contributed by atoms with Crippen molar-refractivity contribution in [1.82, 2.24) is 9.59 Å². The van der Waals surface area contributed by atoms with E-state index in [2.05, 4.69) is 20.1 Å². The zero-order chi connectivity index (χ0) is 13.1. The molecular formula is C11H10ClFN4S. The maximum absolute atomic E-state index is 13.0. The van der Waals surface area contributed by atoms with Crippen molar-refractivity contribution in [3.63, 3.8) is 0 Å². The Labute approximate surface area is 113 Å². The topological polar surface area (TPSA) is 50.2 Å². The van der Waals surface area contributed by atoms with E-state index in [0.29, 0.717) is 5.71 Å². The summed E-state index contributed by atoms with van der Waals surface area (Å²) in [5.74, 6) is -0.441. The minimum atomic E-state index is -0.441. The molecule has 0 bridgehead atoms. The summed E-state index contributed by atoms with van der Waals surface area (Å²) in [6.07, 6.45) is 0. The Balaban J connectivity index is 2.18. The van der Waals surface area contributed by atoms with E-state index >= 15 is 0 Å². The number of rotatable bonds is 3. The SMILES string of the molecule is C/C(=N\Nc1snnc1C)c1ccc(F)c(Cl)c1. The summed E-state index contributed by atoms with van der Waals surface area (Å²) in [5.41, 5.74) is 5.11. The summed E-state index contributed by atoms with van der Waals surface area (Å²) in [5, 5.41) is 8.90. The van der Waals surface area contributed by atoms with Crippen molar-refractivity contribution < 1.29 is 4.39 Å². The average molecular weight is 285 g/mol. The number of nitrogens with zero attached hydrogens (tertiary/aromatic N) is 3. The number of aryl methyl sites for hydroxylation is 1. The van der Waals surface area contributed by atoms with Gasteiger partial charge in [0.25, 0.3) is 0 Å². The normalized spacial score (nSPS) is 11.7. The number of aromatic nitrogens is 2. The molecule has 2 aromatic rings. The third kappa shape index (κ3) is 2.83. The lowest BCUT2D eigenvalue weighted by atomic mass is 10.1. The van der Waals surface area contributed by atoms with Gasteiger partial charge in [-0.3, -0.25) is 5.43 Å². The summed E-state index contributed by atoms with van der Waals surface area (Å²) < 4.78 is 16.8. The van der Waals surface area contributed by atoms with Gasteiger partial charge in [0.2, 0.25) is 0 Å². The molecule has 0 atom stereocenters. The molecule has 0 saturated heterocycles. The van der Waals surface area contributed by atoms with Crippen molar-refractivity contribution in [2.24, 2.45) is 5.10 Å². The molecule has 94 valence electrons. The standard InChI is InChI=1S/C11H10ClFN4S/c1-6(8-3-4-10(13)9(12)5-8)14-16-11-7(2)15-17-18-11/h3-5,16H,1-2H3/b14-6+. The van der Waals surface area contributed by atoms with Gasteiger partial charge in [-0.05, 0) is 31.5 Å². The second kappa shape index (κ2) is 5.41. The fourth-order valence-corrected chi connectivity index (χ4v) is 1.94. The zero-order valence-electron chi connectivity index (χ0n) is 9.74. The molecule has 4 nitrogen and oxygen atoms in total. The first kappa shape index (κ1) is 12.9. The second-order valence-corrected chi connectivity index (χ2v) is 4.79. The van der Waals surface area contributed by atoms with Crippen molar-refractivity contribution in [3.8, 4) is 0 Å². The van der Waals surface area contributed by atoms with E-state index in [1.54, 1.807) is 13.0 Å². The molecule has 0 spiro atoms. The number of hydrazone groups is 1. The van der Waals surface area contributed by atoms with Gasteiger partial charge >= 0.3 is 0 Å². The van der Waals surface area contributed by atoms with E-state index in [1.165, 1.54) is 23.7 Å². The Hall–Kier alpha value is -1.53. The number of anilines is 1. The van der Waals surface area contributed by atoms with E-state index in [1.807, 2.05) is 6.92 Å². The zero-order valence-corrected chi connectivity index (χ0v) is 11.3. The van der Waals surface area contributed by atoms with Crippen LogP contribution in [0.5, 0.6) is 0 Å². The Kier molecular flexibility index (Phi) is 3.88. The van der Waals surface area contributed by atoms with E-state index in [4.69, 9.17) is 11.6 Å². The third-order valence-electron chi connectivity index (χ3n) is 2.31. The largest absolute Gasteiger partial charge is 0.265 e. The van der Waals surface area contributed by atoms with Crippen molar-refractivity contribution >= 4 is 33.8 Å². The van der Waals surface area contributed by atoms with Crippen LogP contribution < -0.4 is 5.43 Å².